The van der Waals surface area contributed by atoms with Crippen LogP contribution in [-0.2, 0) is 28.6 Å². The van der Waals surface area contributed by atoms with Crippen LogP contribution in [0.4, 0.5) is 21.8 Å². The van der Waals surface area contributed by atoms with Crippen LogP contribution in [0.3, 0.4) is 0 Å². The number of rotatable bonds is 11. The zero-order chi connectivity index (χ0) is 29.1. The molecule has 1 saturated heterocycles. The third kappa shape index (κ3) is 7.09. The molecule has 12 heteroatoms. The smallest absolute Gasteiger partial charge is 0.308 e. The van der Waals surface area contributed by atoms with Crippen molar-refractivity contribution in [3.05, 3.63) is 5.69 Å². The average molecular weight is 550 g/mol. The minimum absolute atomic E-state index is 0.00791. The van der Waals surface area contributed by atoms with E-state index < -0.39 is 47.8 Å². The van der Waals surface area contributed by atoms with Gasteiger partial charge in [-0.15, -0.1) is 0 Å². The van der Waals surface area contributed by atoms with E-state index in [0.717, 1.165) is 0 Å². The number of aliphatic imine (C=N–C) groups is 1. The molecule has 1 amide bonds. The van der Waals surface area contributed by atoms with Crippen molar-refractivity contribution in [1.29, 1.82) is 0 Å². The van der Waals surface area contributed by atoms with Crippen molar-refractivity contribution in [2.45, 2.75) is 91.2 Å². The van der Waals surface area contributed by atoms with Gasteiger partial charge in [-0.05, 0) is 18.8 Å². The maximum Gasteiger partial charge on any atom is 0.308 e. The van der Waals surface area contributed by atoms with Gasteiger partial charge in [0.2, 0.25) is 11.9 Å². The number of nitrogens with one attached hydrogen (secondary N) is 2. The zero-order valence-corrected chi connectivity index (χ0v) is 23.9. The third-order valence-corrected chi connectivity index (χ3v) is 6.47. The number of carbonyl (C=O) groups is 3. The molecular formula is C27H40FN5O6. The summed E-state index contributed by atoms with van der Waals surface area (Å²) < 4.78 is 33.7. The lowest BCUT2D eigenvalue weighted by molar-refractivity contribution is -0.163. The number of halogens is 1. The summed E-state index contributed by atoms with van der Waals surface area (Å²) in [5.74, 6) is -1.92. The minimum Gasteiger partial charge on any atom is -0.463 e. The molecule has 0 bridgehead atoms. The molecular weight excluding hydrogens is 509 g/mol. The Morgan fingerprint density at radius 3 is 2.36 bits per heavy atom. The quantitative estimate of drug-likeness (QED) is 0.392. The van der Waals surface area contributed by atoms with Gasteiger partial charge in [-0.1, -0.05) is 41.5 Å². The molecule has 1 aromatic heterocycles. The second kappa shape index (κ2) is 12.4. The summed E-state index contributed by atoms with van der Waals surface area (Å²) in [4.78, 5) is 50.4. The number of anilines is 2. The predicted molar refractivity (Wildman–Crippen MR) is 144 cm³/mol. The van der Waals surface area contributed by atoms with Gasteiger partial charge in [0, 0.05) is 26.1 Å². The summed E-state index contributed by atoms with van der Waals surface area (Å²) >= 11 is 0. The Hall–Kier alpha value is -3.15. The Morgan fingerprint density at radius 1 is 1.10 bits per heavy atom. The van der Waals surface area contributed by atoms with Crippen LogP contribution >= 0.6 is 0 Å². The molecule has 0 aliphatic carbocycles. The minimum atomic E-state index is -2.19. The fourth-order valence-electron chi connectivity index (χ4n) is 4.58. The van der Waals surface area contributed by atoms with E-state index in [2.05, 4.69) is 25.6 Å². The predicted octanol–water partition coefficient (Wildman–Crippen LogP) is 3.96. The van der Waals surface area contributed by atoms with Crippen molar-refractivity contribution in [3.63, 3.8) is 0 Å². The second-order valence-corrected chi connectivity index (χ2v) is 11.4. The Balaban J connectivity index is 1.93. The SMILES string of the molecule is CNc1nc(NC(=O)CC(C)C)nc2c1N=CC2C1O[C@H](COC(=O)C(C)C)[C@@H](OC(=O)CC(C)C)[C@@]1(C)F. The molecule has 0 radical (unpaired) electrons. The number of nitrogens with zero attached hydrogens (tertiary/aromatic N) is 3. The molecule has 2 N–H and O–H groups in total. The van der Waals surface area contributed by atoms with E-state index in [-0.39, 0.29) is 43.1 Å². The van der Waals surface area contributed by atoms with E-state index in [1.165, 1.54) is 13.1 Å². The molecule has 216 valence electrons. The maximum absolute atomic E-state index is 16.6. The number of carbonyl (C=O) groups excluding carboxylic acids is 3. The highest BCUT2D eigenvalue weighted by Gasteiger charge is 2.60. The molecule has 2 aliphatic rings. The lowest BCUT2D eigenvalue weighted by atomic mass is 9.86. The number of hydrogen-bond acceptors (Lipinski definition) is 10. The van der Waals surface area contributed by atoms with E-state index in [1.807, 2.05) is 27.7 Å². The first-order chi connectivity index (χ1) is 18.2. The lowest BCUT2D eigenvalue weighted by Crippen LogP contribution is -2.47. The monoisotopic (exact) mass is 549 g/mol. The van der Waals surface area contributed by atoms with Gasteiger partial charge in [0.25, 0.3) is 0 Å². The number of amides is 1. The van der Waals surface area contributed by atoms with Crippen LogP contribution < -0.4 is 10.6 Å². The van der Waals surface area contributed by atoms with Crippen molar-refractivity contribution < 1.29 is 33.0 Å². The fourth-order valence-corrected chi connectivity index (χ4v) is 4.58. The first-order valence-electron chi connectivity index (χ1n) is 13.4. The number of aromatic nitrogens is 2. The number of esters is 2. The van der Waals surface area contributed by atoms with Gasteiger partial charge < -0.3 is 19.5 Å². The van der Waals surface area contributed by atoms with Gasteiger partial charge in [0.15, 0.2) is 17.6 Å². The Kier molecular flexibility index (Phi) is 9.63. The van der Waals surface area contributed by atoms with Gasteiger partial charge in [0.05, 0.1) is 17.5 Å². The van der Waals surface area contributed by atoms with E-state index in [4.69, 9.17) is 14.2 Å². The summed E-state index contributed by atoms with van der Waals surface area (Å²) in [6, 6.07) is 0. The van der Waals surface area contributed by atoms with Crippen molar-refractivity contribution in [3.8, 4) is 0 Å². The van der Waals surface area contributed by atoms with Crippen LogP contribution in [0.25, 0.3) is 0 Å². The standard InChI is InChI=1S/C27H40FN5O6/c1-13(2)9-18(34)31-26-32-20-16(11-30-21(20)24(29-8)33-26)22-27(7,28)23(39-19(35)10-14(3)4)17(38-22)12-37-25(36)15(5)6/h11,13-17,22-23H,9-10,12H2,1-8H3,(H2,29,31,32,33,34)/t16?,17-,22?,23-,27+/m1/s1. The summed E-state index contributed by atoms with van der Waals surface area (Å²) in [7, 11) is 1.65. The normalized spacial score (nSPS) is 25.7. The van der Waals surface area contributed by atoms with Gasteiger partial charge in [-0.3, -0.25) is 24.7 Å². The molecule has 1 aromatic rings. The first-order valence-corrected chi connectivity index (χ1v) is 13.4. The van der Waals surface area contributed by atoms with Crippen LogP contribution in [-0.4, -0.2) is 71.7 Å². The summed E-state index contributed by atoms with van der Waals surface area (Å²) in [6.45, 7) is 11.9. The van der Waals surface area contributed by atoms with Crippen LogP contribution in [0.1, 0.15) is 72.9 Å². The second-order valence-electron chi connectivity index (χ2n) is 11.4. The highest BCUT2D eigenvalue weighted by molar-refractivity contribution is 5.91. The van der Waals surface area contributed by atoms with E-state index in [1.54, 1.807) is 20.9 Å². The topological polar surface area (TPSA) is 141 Å². The number of fused-ring (bicyclic) bond motifs is 1. The van der Waals surface area contributed by atoms with Gasteiger partial charge in [-0.25, -0.2) is 9.37 Å². The molecule has 3 heterocycles. The van der Waals surface area contributed by atoms with E-state index >= 15 is 4.39 Å². The average Bonchev–Trinajstić information content (AvgIpc) is 3.34. The molecule has 1 fully saturated rings. The van der Waals surface area contributed by atoms with Crippen molar-refractivity contribution in [2.75, 3.05) is 24.3 Å². The molecule has 11 nitrogen and oxygen atoms in total. The molecule has 0 aromatic carbocycles. The number of hydrogen-bond donors (Lipinski definition) is 2. The van der Waals surface area contributed by atoms with Gasteiger partial charge in [0.1, 0.15) is 24.5 Å². The third-order valence-electron chi connectivity index (χ3n) is 6.47. The van der Waals surface area contributed by atoms with Crippen LogP contribution in [0, 0.1) is 17.8 Å². The Morgan fingerprint density at radius 2 is 1.77 bits per heavy atom. The first kappa shape index (κ1) is 30.4. The molecule has 0 spiro atoms. The molecule has 0 saturated carbocycles. The number of ether oxygens (including phenoxy) is 3. The van der Waals surface area contributed by atoms with Crippen molar-refractivity contribution in [2.24, 2.45) is 22.7 Å². The highest BCUT2D eigenvalue weighted by atomic mass is 19.1. The molecule has 2 aliphatic heterocycles. The summed E-state index contributed by atoms with van der Waals surface area (Å²) in [5.41, 5.74) is -1.44. The zero-order valence-electron chi connectivity index (χ0n) is 23.9. The van der Waals surface area contributed by atoms with Crippen LogP contribution in [0.5, 0.6) is 0 Å². The largest absolute Gasteiger partial charge is 0.463 e. The molecule has 3 rings (SSSR count). The van der Waals surface area contributed by atoms with Crippen molar-refractivity contribution >= 4 is 41.5 Å². The lowest BCUT2D eigenvalue weighted by Gasteiger charge is -2.29. The Labute approximate surface area is 228 Å². The van der Waals surface area contributed by atoms with Crippen LogP contribution in [0.2, 0.25) is 0 Å². The van der Waals surface area contributed by atoms with Gasteiger partial charge >= 0.3 is 11.9 Å². The fraction of sp³-hybridized carbons (Fsp3) is 0.704. The highest BCUT2D eigenvalue weighted by Crippen LogP contribution is 2.47. The molecule has 39 heavy (non-hydrogen) atoms. The van der Waals surface area contributed by atoms with E-state index in [0.29, 0.717) is 17.2 Å². The number of alkyl halides is 1. The Bertz CT molecular complexity index is 1110. The van der Waals surface area contributed by atoms with Crippen molar-refractivity contribution in [1.82, 2.24) is 9.97 Å². The summed E-state index contributed by atoms with van der Waals surface area (Å²) in [6.07, 6.45) is -1.66. The van der Waals surface area contributed by atoms with Crippen LogP contribution in [0.15, 0.2) is 4.99 Å². The maximum atomic E-state index is 16.6. The molecule has 5 atom stereocenters. The van der Waals surface area contributed by atoms with E-state index in [9.17, 15) is 14.4 Å². The van der Waals surface area contributed by atoms with Gasteiger partial charge in [-0.2, -0.15) is 4.98 Å². The summed E-state index contributed by atoms with van der Waals surface area (Å²) in [5, 5.41) is 5.64. The molecule has 2 unspecified atom stereocenters.